The van der Waals surface area contributed by atoms with E-state index in [1.807, 2.05) is 6.92 Å². The van der Waals surface area contributed by atoms with E-state index in [0.29, 0.717) is 24.9 Å². The number of hydrogen-bond donors (Lipinski definition) is 1. The Morgan fingerprint density at radius 1 is 1.32 bits per heavy atom. The summed E-state index contributed by atoms with van der Waals surface area (Å²) in [5.41, 5.74) is -0.473. The van der Waals surface area contributed by atoms with Gasteiger partial charge in [0.15, 0.2) is 0 Å². The molecule has 1 amide bonds. The quantitative estimate of drug-likeness (QED) is 0.892. The first-order valence-corrected chi connectivity index (χ1v) is 8.32. The van der Waals surface area contributed by atoms with Gasteiger partial charge >= 0.3 is 12.1 Å². The number of likely N-dealkylation sites (tertiary alicyclic amines) is 1. The lowest BCUT2D eigenvalue weighted by Crippen LogP contribution is -2.47. The maximum absolute atomic E-state index is 12.9. The number of aliphatic carboxylic acids is 1. The van der Waals surface area contributed by atoms with Crippen LogP contribution in [0.3, 0.4) is 0 Å². The Balaban J connectivity index is 2.25. The van der Waals surface area contributed by atoms with E-state index in [0.717, 1.165) is 12.1 Å². The van der Waals surface area contributed by atoms with Crippen molar-refractivity contribution in [1.29, 1.82) is 0 Å². The van der Waals surface area contributed by atoms with Gasteiger partial charge < -0.3 is 10.0 Å². The van der Waals surface area contributed by atoms with Crippen molar-refractivity contribution < 1.29 is 27.9 Å². The van der Waals surface area contributed by atoms with Crippen LogP contribution in [0.4, 0.5) is 13.2 Å². The molecule has 1 aromatic carbocycles. The van der Waals surface area contributed by atoms with E-state index in [1.165, 1.54) is 17.0 Å². The van der Waals surface area contributed by atoms with E-state index in [2.05, 4.69) is 0 Å². The zero-order valence-electron chi connectivity index (χ0n) is 14.2. The summed E-state index contributed by atoms with van der Waals surface area (Å²) in [4.78, 5) is 25.6. The highest BCUT2D eigenvalue weighted by molar-refractivity contribution is 5.84. The lowest BCUT2D eigenvalue weighted by atomic mass is 9.87. The van der Waals surface area contributed by atoms with Crippen molar-refractivity contribution in [3.05, 3.63) is 35.4 Å². The highest BCUT2D eigenvalue weighted by atomic mass is 19.4. The van der Waals surface area contributed by atoms with Crippen LogP contribution in [0.5, 0.6) is 0 Å². The molecule has 1 aliphatic rings. The van der Waals surface area contributed by atoms with Gasteiger partial charge in [-0.3, -0.25) is 9.59 Å². The lowest BCUT2D eigenvalue weighted by molar-refractivity contribution is -0.147. The van der Waals surface area contributed by atoms with E-state index < -0.39 is 29.5 Å². The molecule has 7 heteroatoms. The number of amides is 1. The van der Waals surface area contributed by atoms with Crippen LogP contribution in [0.2, 0.25) is 0 Å². The van der Waals surface area contributed by atoms with Crippen molar-refractivity contribution in [2.75, 3.05) is 13.1 Å². The van der Waals surface area contributed by atoms with Gasteiger partial charge in [0, 0.05) is 13.1 Å². The van der Waals surface area contributed by atoms with Crippen molar-refractivity contribution in [3.8, 4) is 0 Å². The van der Waals surface area contributed by atoms with E-state index >= 15 is 0 Å². The topological polar surface area (TPSA) is 57.6 Å². The van der Waals surface area contributed by atoms with Gasteiger partial charge in [-0.2, -0.15) is 13.2 Å². The Bertz CT molecular complexity index is 645. The van der Waals surface area contributed by atoms with Crippen LogP contribution in [0, 0.1) is 11.8 Å². The number of alkyl halides is 3. The molecule has 2 rings (SSSR count). The van der Waals surface area contributed by atoms with Gasteiger partial charge in [-0.15, -0.1) is 0 Å². The van der Waals surface area contributed by atoms with Crippen LogP contribution in [0.25, 0.3) is 0 Å². The summed E-state index contributed by atoms with van der Waals surface area (Å²) in [6.45, 7) is 4.15. The summed E-state index contributed by atoms with van der Waals surface area (Å²) < 4.78 is 38.8. The summed E-state index contributed by atoms with van der Waals surface area (Å²) in [5, 5.41) is 9.23. The SMILES string of the molecule is CCC(C(=O)N1CC(C)CC(C(=O)O)C1)c1cccc(C(F)(F)F)c1. The second-order valence-electron chi connectivity index (χ2n) is 6.70. The number of nitrogens with zero attached hydrogens (tertiary/aromatic N) is 1. The molecule has 1 aliphatic heterocycles. The third-order valence-electron chi connectivity index (χ3n) is 4.64. The smallest absolute Gasteiger partial charge is 0.416 e. The predicted octanol–water partition coefficient (Wildman–Crippen LogP) is 3.77. The zero-order chi connectivity index (χ0) is 18.8. The maximum Gasteiger partial charge on any atom is 0.416 e. The molecule has 1 aromatic rings. The largest absolute Gasteiger partial charge is 0.481 e. The molecule has 1 saturated heterocycles. The molecule has 3 unspecified atom stereocenters. The number of hydrogen-bond acceptors (Lipinski definition) is 2. The number of rotatable bonds is 4. The summed E-state index contributed by atoms with van der Waals surface area (Å²) in [6, 6.07) is 4.80. The minimum atomic E-state index is -4.47. The number of carboxylic acid groups (broad SMARTS) is 1. The molecule has 1 N–H and O–H groups in total. The van der Waals surface area contributed by atoms with Gasteiger partial charge in [-0.25, -0.2) is 0 Å². The van der Waals surface area contributed by atoms with Crippen molar-refractivity contribution in [3.63, 3.8) is 0 Å². The molecule has 1 heterocycles. The van der Waals surface area contributed by atoms with Gasteiger partial charge in [0.25, 0.3) is 0 Å². The first kappa shape index (κ1) is 19.3. The Morgan fingerprint density at radius 2 is 2.00 bits per heavy atom. The van der Waals surface area contributed by atoms with E-state index in [4.69, 9.17) is 0 Å². The van der Waals surface area contributed by atoms with Gasteiger partial charge in [-0.1, -0.05) is 32.0 Å². The number of carbonyl (C=O) groups excluding carboxylic acids is 1. The number of piperidine rings is 1. The van der Waals surface area contributed by atoms with Crippen molar-refractivity contribution in [1.82, 2.24) is 4.90 Å². The molecule has 3 atom stereocenters. The van der Waals surface area contributed by atoms with E-state index in [-0.39, 0.29) is 18.4 Å². The molecule has 1 fully saturated rings. The second kappa shape index (κ2) is 7.45. The number of halogens is 3. The minimum absolute atomic E-state index is 0.0396. The minimum Gasteiger partial charge on any atom is -0.481 e. The van der Waals surface area contributed by atoms with Crippen molar-refractivity contribution in [2.45, 2.75) is 38.8 Å². The number of carbonyl (C=O) groups is 2. The fourth-order valence-electron chi connectivity index (χ4n) is 3.42. The van der Waals surface area contributed by atoms with Crippen LogP contribution in [0.1, 0.15) is 43.7 Å². The molecule has 0 aliphatic carbocycles. The Labute approximate surface area is 144 Å². The Kier molecular flexibility index (Phi) is 5.75. The van der Waals surface area contributed by atoms with Crippen molar-refractivity contribution in [2.24, 2.45) is 11.8 Å². The summed E-state index contributed by atoms with van der Waals surface area (Å²) in [6.07, 6.45) is -3.62. The lowest BCUT2D eigenvalue weighted by Gasteiger charge is -2.36. The molecule has 0 spiro atoms. The zero-order valence-corrected chi connectivity index (χ0v) is 14.2. The standard InChI is InChI=1S/C18H22F3NO3/c1-3-15(12-5-4-6-14(8-12)18(19,20)21)16(23)22-9-11(2)7-13(10-22)17(24)25/h4-6,8,11,13,15H,3,7,9-10H2,1-2H3,(H,24,25). The molecule has 0 radical (unpaired) electrons. The van der Waals surface area contributed by atoms with Crippen LogP contribution >= 0.6 is 0 Å². The first-order chi connectivity index (χ1) is 11.6. The maximum atomic E-state index is 12.9. The molecule has 25 heavy (non-hydrogen) atoms. The van der Waals surface area contributed by atoms with Crippen LogP contribution < -0.4 is 0 Å². The third-order valence-corrected chi connectivity index (χ3v) is 4.64. The predicted molar refractivity (Wildman–Crippen MR) is 86.0 cm³/mol. The molecule has 0 aromatic heterocycles. The van der Waals surface area contributed by atoms with Gasteiger partial charge in [-0.05, 0) is 30.4 Å². The molecular weight excluding hydrogens is 335 g/mol. The second-order valence-corrected chi connectivity index (χ2v) is 6.70. The average Bonchev–Trinajstić information content (AvgIpc) is 2.54. The molecule has 0 saturated carbocycles. The monoisotopic (exact) mass is 357 g/mol. The number of carboxylic acids is 1. The molecule has 138 valence electrons. The number of benzene rings is 1. The van der Waals surface area contributed by atoms with Gasteiger partial charge in [0.05, 0.1) is 17.4 Å². The summed E-state index contributed by atoms with van der Waals surface area (Å²) in [7, 11) is 0. The third kappa shape index (κ3) is 4.52. The fraction of sp³-hybridized carbons (Fsp3) is 0.556. The first-order valence-electron chi connectivity index (χ1n) is 8.32. The summed E-state index contributed by atoms with van der Waals surface area (Å²) in [5.74, 6) is -2.55. The fourth-order valence-corrected chi connectivity index (χ4v) is 3.42. The van der Waals surface area contributed by atoms with E-state index in [1.54, 1.807) is 6.92 Å². The van der Waals surface area contributed by atoms with Crippen LogP contribution in [-0.4, -0.2) is 35.0 Å². The Hall–Kier alpha value is -2.05. The highest BCUT2D eigenvalue weighted by Gasteiger charge is 2.36. The van der Waals surface area contributed by atoms with Crippen LogP contribution in [0.15, 0.2) is 24.3 Å². The summed E-state index contributed by atoms with van der Waals surface area (Å²) >= 11 is 0. The van der Waals surface area contributed by atoms with Crippen LogP contribution in [-0.2, 0) is 15.8 Å². The molecule has 4 nitrogen and oxygen atoms in total. The average molecular weight is 357 g/mol. The molecular formula is C18H22F3NO3. The van der Waals surface area contributed by atoms with Gasteiger partial charge in [0.1, 0.15) is 0 Å². The van der Waals surface area contributed by atoms with Crippen molar-refractivity contribution >= 4 is 11.9 Å². The normalized spacial score (nSPS) is 22.5. The van der Waals surface area contributed by atoms with Gasteiger partial charge in [0.2, 0.25) is 5.91 Å². The van der Waals surface area contributed by atoms with E-state index in [9.17, 15) is 27.9 Å². The molecule has 0 bridgehead atoms. The Morgan fingerprint density at radius 3 is 2.56 bits per heavy atom. The highest BCUT2D eigenvalue weighted by Crippen LogP contribution is 2.33.